The lowest BCUT2D eigenvalue weighted by Crippen LogP contribution is -2.45. The Hall–Kier alpha value is -3.36. The summed E-state index contributed by atoms with van der Waals surface area (Å²) in [6, 6.07) is 12.6. The monoisotopic (exact) mass is 435 g/mol. The molecule has 0 amide bonds. The van der Waals surface area contributed by atoms with E-state index < -0.39 is 5.82 Å². The molecular weight excluding hydrogens is 412 g/mol. The molecule has 1 fully saturated rings. The van der Waals surface area contributed by atoms with E-state index in [4.69, 9.17) is 0 Å². The minimum absolute atomic E-state index is 0.0774. The number of hydrogen-bond acceptors (Lipinski definition) is 5. The number of aromatic nitrogens is 3. The van der Waals surface area contributed by atoms with E-state index in [1.54, 1.807) is 0 Å². The first-order valence-corrected chi connectivity index (χ1v) is 10.5. The van der Waals surface area contributed by atoms with Crippen LogP contribution in [-0.4, -0.2) is 44.8 Å². The number of fused-ring (bicyclic) bond motifs is 1. The van der Waals surface area contributed by atoms with Crippen LogP contribution in [0.1, 0.15) is 22.9 Å². The van der Waals surface area contributed by atoms with Crippen LogP contribution in [0.4, 0.5) is 8.78 Å². The number of pyridine rings is 1. The fourth-order valence-corrected chi connectivity index (χ4v) is 4.42. The zero-order chi connectivity index (χ0) is 22.2. The summed E-state index contributed by atoms with van der Waals surface area (Å²) in [7, 11) is 0. The summed E-state index contributed by atoms with van der Waals surface area (Å²) in [5, 5.41) is 21.2. The summed E-state index contributed by atoms with van der Waals surface area (Å²) in [6.07, 6.45) is 0. The molecule has 0 spiro atoms. The smallest absolute Gasteiger partial charge is 0.156 e. The van der Waals surface area contributed by atoms with E-state index in [1.807, 2.05) is 25.1 Å². The summed E-state index contributed by atoms with van der Waals surface area (Å²) in [4.78, 5) is 6.92. The van der Waals surface area contributed by atoms with Crippen molar-refractivity contribution in [2.24, 2.45) is 0 Å². The quantitative estimate of drug-likeness (QED) is 0.451. The van der Waals surface area contributed by atoms with Crippen LogP contribution in [0.5, 0.6) is 5.75 Å². The van der Waals surface area contributed by atoms with E-state index in [9.17, 15) is 13.9 Å². The topological polar surface area (TPSA) is 77.1 Å². The highest BCUT2D eigenvalue weighted by Crippen LogP contribution is 2.32. The first-order valence-electron chi connectivity index (χ1n) is 10.5. The van der Waals surface area contributed by atoms with Gasteiger partial charge >= 0.3 is 0 Å². The van der Waals surface area contributed by atoms with Gasteiger partial charge in [-0.3, -0.25) is 10.00 Å². The second kappa shape index (κ2) is 8.29. The van der Waals surface area contributed by atoms with Crippen LogP contribution < -0.4 is 5.32 Å². The molecule has 5 rings (SSSR count). The predicted octanol–water partition coefficient (Wildman–Crippen LogP) is 4.06. The lowest BCUT2D eigenvalue weighted by molar-refractivity contribution is 0.154. The van der Waals surface area contributed by atoms with Crippen molar-refractivity contribution in [1.29, 1.82) is 0 Å². The van der Waals surface area contributed by atoms with Gasteiger partial charge in [0.15, 0.2) is 5.65 Å². The Morgan fingerprint density at radius 1 is 1.12 bits per heavy atom. The number of phenols is 1. The molecule has 3 heterocycles. The number of aromatic hydroxyl groups is 1. The van der Waals surface area contributed by atoms with Crippen LogP contribution in [0.3, 0.4) is 0 Å². The largest absolute Gasteiger partial charge is 0.508 e. The van der Waals surface area contributed by atoms with Gasteiger partial charge in [0.25, 0.3) is 0 Å². The Morgan fingerprint density at radius 3 is 2.72 bits per heavy atom. The molecule has 3 N–H and O–H groups in total. The standard InChI is InChI=1S/C24H23F2N5O/c1-14-23-16(13-31-9-8-27-12-22(31)15-2-4-17(25)5-3-15)10-21(28-24(23)30-29-14)19-7-6-18(32)11-20(19)26/h2-7,10-11,22,27,32H,8-9,12-13H2,1H3,(H,28,29,30)/t22-/m1/s1. The lowest BCUT2D eigenvalue weighted by Gasteiger charge is -2.36. The summed E-state index contributed by atoms with van der Waals surface area (Å²) >= 11 is 0. The van der Waals surface area contributed by atoms with Crippen LogP contribution in [0, 0.1) is 18.6 Å². The molecule has 1 aliphatic rings. The van der Waals surface area contributed by atoms with Gasteiger partial charge in [-0.25, -0.2) is 13.8 Å². The van der Waals surface area contributed by atoms with Gasteiger partial charge in [-0.2, -0.15) is 5.10 Å². The van der Waals surface area contributed by atoms with Crippen molar-refractivity contribution in [2.45, 2.75) is 19.5 Å². The highest BCUT2D eigenvalue weighted by atomic mass is 19.1. The number of rotatable bonds is 4. The Labute approximate surface area is 183 Å². The number of benzene rings is 2. The van der Waals surface area contributed by atoms with Crippen molar-refractivity contribution in [3.05, 3.63) is 77.0 Å². The van der Waals surface area contributed by atoms with Gasteiger partial charge in [-0.15, -0.1) is 0 Å². The predicted molar refractivity (Wildman–Crippen MR) is 118 cm³/mol. The van der Waals surface area contributed by atoms with Gasteiger partial charge in [0.05, 0.1) is 11.4 Å². The molecule has 1 saturated heterocycles. The van der Waals surface area contributed by atoms with Crippen LogP contribution in [0.25, 0.3) is 22.3 Å². The van der Waals surface area contributed by atoms with Crippen molar-refractivity contribution in [3.63, 3.8) is 0 Å². The summed E-state index contributed by atoms with van der Waals surface area (Å²) in [6.45, 7) is 4.93. The van der Waals surface area contributed by atoms with Gasteiger partial charge in [-0.05, 0) is 48.4 Å². The van der Waals surface area contributed by atoms with Crippen molar-refractivity contribution in [1.82, 2.24) is 25.4 Å². The third-order valence-corrected chi connectivity index (χ3v) is 6.00. The Morgan fingerprint density at radius 2 is 1.94 bits per heavy atom. The maximum absolute atomic E-state index is 14.6. The van der Waals surface area contributed by atoms with Gasteiger partial charge < -0.3 is 10.4 Å². The SMILES string of the molecule is Cc1n[nH]c2nc(-c3ccc(O)cc3F)cc(CN3CCNC[C@@H]3c3ccc(F)cc3)c12. The van der Waals surface area contributed by atoms with Crippen molar-refractivity contribution in [2.75, 3.05) is 19.6 Å². The third-order valence-electron chi connectivity index (χ3n) is 6.00. The Balaban J connectivity index is 1.56. The number of piperazine rings is 1. The Kier molecular flexibility index (Phi) is 5.32. The summed E-state index contributed by atoms with van der Waals surface area (Å²) in [5.74, 6) is -0.923. The molecule has 0 bridgehead atoms. The second-order valence-corrected chi connectivity index (χ2v) is 8.11. The van der Waals surface area contributed by atoms with E-state index in [-0.39, 0.29) is 17.6 Å². The molecule has 164 valence electrons. The fourth-order valence-electron chi connectivity index (χ4n) is 4.42. The number of hydrogen-bond donors (Lipinski definition) is 3. The zero-order valence-corrected chi connectivity index (χ0v) is 17.6. The van der Waals surface area contributed by atoms with Gasteiger partial charge in [-0.1, -0.05) is 12.1 Å². The number of nitrogens with zero attached hydrogens (tertiary/aromatic N) is 3. The molecule has 6 nitrogen and oxygen atoms in total. The minimum Gasteiger partial charge on any atom is -0.508 e. The molecule has 32 heavy (non-hydrogen) atoms. The van der Waals surface area contributed by atoms with Crippen LogP contribution >= 0.6 is 0 Å². The molecule has 4 aromatic rings. The van der Waals surface area contributed by atoms with Crippen molar-refractivity contribution < 1.29 is 13.9 Å². The fraction of sp³-hybridized carbons (Fsp3) is 0.250. The summed E-state index contributed by atoms with van der Waals surface area (Å²) < 4.78 is 28.0. The van der Waals surface area contributed by atoms with Gasteiger partial charge in [0, 0.05) is 49.2 Å². The molecule has 0 radical (unpaired) electrons. The number of aryl methyl sites for hydroxylation is 1. The molecular formula is C24H23F2N5O. The number of H-pyrrole nitrogens is 1. The van der Waals surface area contributed by atoms with E-state index in [0.717, 1.165) is 47.9 Å². The van der Waals surface area contributed by atoms with Gasteiger partial charge in [0.2, 0.25) is 0 Å². The molecule has 2 aromatic heterocycles. The summed E-state index contributed by atoms with van der Waals surface area (Å²) in [5.41, 5.74) is 4.23. The van der Waals surface area contributed by atoms with E-state index in [2.05, 4.69) is 25.4 Å². The normalized spacial score (nSPS) is 17.2. The molecule has 8 heteroatoms. The number of phenolic OH excluding ortho intramolecular Hbond substituents is 1. The van der Waals surface area contributed by atoms with Crippen LogP contribution in [-0.2, 0) is 6.54 Å². The molecule has 1 atom stereocenters. The molecule has 0 saturated carbocycles. The third kappa shape index (κ3) is 3.83. The number of aromatic amines is 1. The van der Waals surface area contributed by atoms with E-state index in [1.165, 1.54) is 24.3 Å². The number of halogens is 2. The molecule has 0 unspecified atom stereocenters. The minimum atomic E-state index is -0.537. The average molecular weight is 435 g/mol. The van der Waals surface area contributed by atoms with Crippen LogP contribution in [0.2, 0.25) is 0 Å². The first kappa shape index (κ1) is 20.5. The van der Waals surface area contributed by atoms with Crippen molar-refractivity contribution in [3.8, 4) is 17.0 Å². The highest BCUT2D eigenvalue weighted by Gasteiger charge is 2.25. The Bertz CT molecular complexity index is 1270. The van der Waals surface area contributed by atoms with Gasteiger partial charge in [0.1, 0.15) is 17.4 Å². The average Bonchev–Trinajstić information content (AvgIpc) is 3.16. The number of nitrogens with one attached hydrogen (secondary N) is 2. The highest BCUT2D eigenvalue weighted by molar-refractivity contribution is 5.84. The van der Waals surface area contributed by atoms with E-state index >= 15 is 0 Å². The molecule has 0 aliphatic carbocycles. The zero-order valence-electron chi connectivity index (χ0n) is 17.6. The lowest BCUT2D eigenvalue weighted by atomic mass is 10.0. The van der Waals surface area contributed by atoms with E-state index in [0.29, 0.717) is 23.4 Å². The second-order valence-electron chi connectivity index (χ2n) is 8.11. The maximum atomic E-state index is 14.6. The maximum Gasteiger partial charge on any atom is 0.156 e. The van der Waals surface area contributed by atoms with Crippen molar-refractivity contribution >= 4 is 11.0 Å². The first-order chi connectivity index (χ1) is 15.5. The molecule has 2 aromatic carbocycles. The van der Waals surface area contributed by atoms with Crippen LogP contribution in [0.15, 0.2) is 48.5 Å². The molecule has 1 aliphatic heterocycles.